The number of aliphatic hydroxyl groups excluding tert-OH is 1. The Bertz CT molecular complexity index is 1060. The molecule has 0 bridgehead atoms. The fraction of sp³-hybridized carbons (Fsp3) is 0.333. The number of hydrogen-bond donors (Lipinski definition) is 2. The topological polar surface area (TPSA) is 84.9 Å². The van der Waals surface area contributed by atoms with Crippen molar-refractivity contribution in [1.82, 2.24) is 0 Å². The van der Waals surface area contributed by atoms with E-state index in [4.69, 9.17) is 32.7 Å². The highest BCUT2D eigenvalue weighted by molar-refractivity contribution is 6.39. The molecular weight excluding hydrogens is 489 g/mol. The molecule has 2 N–H and O–H groups in total. The molecule has 0 spiro atoms. The Hall–Kier alpha value is -2.80. The van der Waals surface area contributed by atoms with Crippen LogP contribution in [0, 0.1) is 0 Å². The van der Waals surface area contributed by atoms with Gasteiger partial charge in [0.25, 0.3) is 0 Å². The SMILES string of the molecule is CC(C)=CCC/C(C)=C/C(=O)OCC(O)COC(=O)Cc1ccccc1Nc1c(Cl)cccc1Cl. The third-order valence-corrected chi connectivity index (χ3v) is 5.51. The lowest BCUT2D eigenvalue weighted by Crippen LogP contribution is -2.25. The summed E-state index contributed by atoms with van der Waals surface area (Å²) in [4.78, 5) is 24.3. The normalized spacial score (nSPS) is 12.0. The van der Waals surface area contributed by atoms with Crippen molar-refractivity contribution in [2.45, 2.75) is 46.1 Å². The molecule has 0 aliphatic carbocycles. The van der Waals surface area contributed by atoms with E-state index in [-0.39, 0.29) is 19.6 Å². The average Bonchev–Trinajstić information content (AvgIpc) is 2.79. The van der Waals surface area contributed by atoms with Crippen LogP contribution in [0.2, 0.25) is 10.0 Å². The number of aliphatic hydroxyl groups is 1. The fourth-order valence-electron chi connectivity index (χ4n) is 3.07. The van der Waals surface area contributed by atoms with Crippen molar-refractivity contribution in [3.8, 4) is 0 Å². The first-order valence-corrected chi connectivity index (χ1v) is 12.0. The Morgan fingerprint density at radius 1 is 1.00 bits per heavy atom. The third-order valence-electron chi connectivity index (χ3n) is 4.88. The van der Waals surface area contributed by atoms with Crippen LogP contribution in [0.25, 0.3) is 0 Å². The smallest absolute Gasteiger partial charge is 0.330 e. The van der Waals surface area contributed by atoms with Crippen molar-refractivity contribution in [2.24, 2.45) is 0 Å². The number of carbonyl (C=O) groups is 2. The largest absolute Gasteiger partial charge is 0.463 e. The second-order valence-corrected chi connectivity index (χ2v) is 9.15. The zero-order chi connectivity index (χ0) is 25.8. The van der Waals surface area contributed by atoms with E-state index in [9.17, 15) is 14.7 Å². The minimum absolute atomic E-state index is 0.0363. The summed E-state index contributed by atoms with van der Waals surface area (Å²) in [6.45, 7) is 5.33. The van der Waals surface area contributed by atoms with Crippen LogP contribution < -0.4 is 5.32 Å². The molecular formula is C27H31Cl2NO5. The predicted octanol–water partition coefficient (Wildman–Crippen LogP) is 6.42. The maximum atomic E-state index is 12.4. The molecule has 0 fully saturated rings. The molecule has 0 saturated carbocycles. The van der Waals surface area contributed by atoms with Crippen molar-refractivity contribution in [2.75, 3.05) is 18.5 Å². The second kappa shape index (κ2) is 14.6. The molecule has 0 aliphatic heterocycles. The summed E-state index contributed by atoms with van der Waals surface area (Å²) in [5, 5.41) is 14.1. The van der Waals surface area contributed by atoms with Crippen LogP contribution >= 0.6 is 23.2 Å². The van der Waals surface area contributed by atoms with Crippen LogP contribution in [0.15, 0.2) is 65.8 Å². The van der Waals surface area contributed by atoms with Crippen LogP contribution in [0.5, 0.6) is 0 Å². The van der Waals surface area contributed by atoms with Crippen molar-refractivity contribution < 1.29 is 24.2 Å². The van der Waals surface area contributed by atoms with Gasteiger partial charge in [-0.05, 0) is 57.4 Å². The zero-order valence-electron chi connectivity index (χ0n) is 20.1. The molecule has 0 aliphatic rings. The molecule has 0 amide bonds. The lowest BCUT2D eigenvalue weighted by molar-refractivity contribution is -0.149. The third kappa shape index (κ3) is 10.6. The van der Waals surface area contributed by atoms with Crippen molar-refractivity contribution in [1.29, 1.82) is 0 Å². The van der Waals surface area contributed by atoms with E-state index in [1.165, 1.54) is 11.6 Å². The van der Waals surface area contributed by atoms with Gasteiger partial charge < -0.3 is 19.9 Å². The lowest BCUT2D eigenvalue weighted by atomic mass is 10.1. The summed E-state index contributed by atoms with van der Waals surface area (Å²) in [7, 11) is 0. The number of rotatable bonds is 12. The van der Waals surface area contributed by atoms with Crippen molar-refractivity contribution in [3.05, 3.63) is 81.4 Å². The second-order valence-electron chi connectivity index (χ2n) is 8.33. The molecule has 6 nitrogen and oxygen atoms in total. The van der Waals surface area contributed by atoms with Crippen molar-refractivity contribution in [3.63, 3.8) is 0 Å². The molecule has 0 radical (unpaired) electrons. The highest BCUT2D eigenvalue weighted by Gasteiger charge is 2.15. The van der Waals surface area contributed by atoms with E-state index >= 15 is 0 Å². The number of benzene rings is 2. The quantitative estimate of drug-likeness (QED) is 0.191. The predicted molar refractivity (Wildman–Crippen MR) is 140 cm³/mol. The van der Waals surface area contributed by atoms with E-state index in [1.54, 1.807) is 36.4 Å². The number of nitrogens with one attached hydrogen (secondary N) is 1. The standard InChI is InChI=1S/C27H31Cl2NO5/c1-18(2)8-6-9-19(3)14-25(32)34-16-21(31)17-35-26(33)15-20-10-4-5-13-24(20)30-27-22(28)11-7-12-23(27)29/h4-5,7-8,10-14,21,30-31H,6,9,15-17H2,1-3H3/b19-14+. The number of halogens is 2. The van der Waals surface area contributed by atoms with E-state index in [1.807, 2.05) is 26.8 Å². The minimum atomic E-state index is -1.13. The van der Waals surface area contributed by atoms with Crippen LogP contribution in [0.1, 0.15) is 39.2 Å². The molecule has 35 heavy (non-hydrogen) atoms. The van der Waals surface area contributed by atoms with E-state index in [0.29, 0.717) is 27.0 Å². The number of esters is 2. The lowest BCUT2D eigenvalue weighted by Gasteiger charge is -2.15. The number of ether oxygens (including phenoxy) is 2. The Labute approximate surface area is 216 Å². The van der Waals surface area contributed by atoms with Gasteiger partial charge >= 0.3 is 11.9 Å². The molecule has 2 rings (SSSR count). The minimum Gasteiger partial charge on any atom is -0.463 e. The maximum Gasteiger partial charge on any atom is 0.330 e. The molecule has 0 saturated heterocycles. The number of hydrogen-bond acceptors (Lipinski definition) is 6. The van der Waals surface area contributed by atoms with Gasteiger partial charge in [0.15, 0.2) is 0 Å². The molecule has 8 heteroatoms. The van der Waals surface area contributed by atoms with E-state index in [0.717, 1.165) is 18.4 Å². The summed E-state index contributed by atoms with van der Waals surface area (Å²) in [5.74, 6) is -1.08. The Morgan fingerprint density at radius 3 is 2.34 bits per heavy atom. The number of anilines is 2. The summed E-state index contributed by atoms with van der Waals surface area (Å²) in [6, 6.07) is 12.4. The first-order chi connectivity index (χ1) is 16.7. The van der Waals surface area contributed by atoms with Gasteiger partial charge in [0, 0.05) is 11.8 Å². The van der Waals surface area contributed by atoms with Crippen LogP contribution in [0.3, 0.4) is 0 Å². The summed E-state index contributed by atoms with van der Waals surface area (Å²) in [5.41, 5.74) is 3.97. The van der Waals surface area contributed by atoms with Crippen LogP contribution in [0.4, 0.5) is 11.4 Å². The Balaban J connectivity index is 1.82. The van der Waals surface area contributed by atoms with Gasteiger partial charge in [-0.25, -0.2) is 4.79 Å². The van der Waals surface area contributed by atoms with Gasteiger partial charge in [-0.3, -0.25) is 4.79 Å². The van der Waals surface area contributed by atoms with Crippen molar-refractivity contribution >= 4 is 46.5 Å². The molecule has 1 atom stereocenters. The molecule has 2 aromatic rings. The highest BCUT2D eigenvalue weighted by atomic mass is 35.5. The fourth-order valence-corrected chi connectivity index (χ4v) is 3.57. The average molecular weight is 520 g/mol. The Morgan fingerprint density at radius 2 is 1.66 bits per heavy atom. The van der Waals surface area contributed by atoms with Gasteiger partial charge in [-0.2, -0.15) is 0 Å². The molecule has 188 valence electrons. The number of carbonyl (C=O) groups excluding carboxylic acids is 2. The van der Waals surface area contributed by atoms with Crippen LogP contribution in [-0.4, -0.2) is 36.4 Å². The number of allylic oxidation sites excluding steroid dienone is 3. The molecule has 0 heterocycles. The zero-order valence-corrected chi connectivity index (χ0v) is 21.7. The summed E-state index contributed by atoms with van der Waals surface area (Å²) < 4.78 is 10.2. The van der Waals surface area contributed by atoms with E-state index < -0.39 is 18.0 Å². The maximum absolute atomic E-state index is 12.4. The van der Waals surface area contributed by atoms with Gasteiger partial charge in [0.2, 0.25) is 0 Å². The number of para-hydroxylation sites is 2. The molecule has 1 unspecified atom stereocenters. The van der Waals surface area contributed by atoms with E-state index in [2.05, 4.69) is 11.4 Å². The monoisotopic (exact) mass is 519 g/mol. The van der Waals surface area contributed by atoms with Gasteiger partial charge in [-0.15, -0.1) is 0 Å². The summed E-state index contributed by atoms with van der Waals surface area (Å²) >= 11 is 12.5. The molecule has 0 aromatic heterocycles. The first-order valence-electron chi connectivity index (χ1n) is 11.3. The first kappa shape index (κ1) is 28.4. The molecule has 2 aromatic carbocycles. The van der Waals surface area contributed by atoms with Crippen LogP contribution in [-0.2, 0) is 25.5 Å². The highest BCUT2D eigenvalue weighted by Crippen LogP contribution is 2.33. The van der Waals surface area contributed by atoms with Gasteiger partial charge in [0.1, 0.15) is 19.3 Å². The van der Waals surface area contributed by atoms with Gasteiger partial charge in [-0.1, -0.05) is 64.7 Å². The summed E-state index contributed by atoms with van der Waals surface area (Å²) in [6.07, 6.45) is 3.94. The van der Waals surface area contributed by atoms with Gasteiger partial charge in [0.05, 0.1) is 22.2 Å². The Kier molecular flexibility index (Phi) is 11.8.